The first-order chi connectivity index (χ1) is 10.4. The molecule has 0 bridgehead atoms. The van der Waals surface area contributed by atoms with Crippen LogP contribution in [-0.4, -0.2) is 31.0 Å². The highest BCUT2D eigenvalue weighted by Gasteiger charge is 2.14. The number of hydrogen-bond donors (Lipinski definition) is 1. The Bertz CT molecular complexity index is 638. The third-order valence-electron chi connectivity index (χ3n) is 3.20. The predicted octanol–water partition coefficient (Wildman–Crippen LogP) is 2.62. The van der Waals surface area contributed by atoms with Crippen molar-refractivity contribution in [2.24, 2.45) is 4.99 Å². The van der Waals surface area contributed by atoms with E-state index in [2.05, 4.69) is 15.3 Å². The SMILES string of the molecule is COc1ccc(Oc2ncccc2C2=NCCCN2)cc1. The van der Waals surface area contributed by atoms with Crippen LogP contribution in [0.2, 0.25) is 0 Å². The van der Waals surface area contributed by atoms with Crippen molar-refractivity contribution >= 4 is 5.84 Å². The molecule has 1 aliphatic rings. The van der Waals surface area contributed by atoms with Crippen molar-refractivity contribution in [2.45, 2.75) is 6.42 Å². The number of ether oxygens (including phenoxy) is 2. The molecule has 1 aliphatic heterocycles. The summed E-state index contributed by atoms with van der Waals surface area (Å²) in [5.41, 5.74) is 0.882. The van der Waals surface area contributed by atoms with Crippen LogP contribution in [0.15, 0.2) is 47.6 Å². The van der Waals surface area contributed by atoms with E-state index < -0.39 is 0 Å². The van der Waals surface area contributed by atoms with Crippen LogP contribution in [0.3, 0.4) is 0 Å². The Balaban J connectivity index is 1.86. The lowest BCUT2D eigenvalue weighted by atomic mass is 10.2. The number of amidine groups is 1. The molecule has 0 saturated heterocycles. The fraction of sp³-hybridized carbons (Fsp3) is 0.250. The number of rotatable bonds is 4. The largest absolute Gasteiger partial charge is 0.497 e. The maximum absolute atomic E-state index is 5.87. The van der Waals surface area contributed by atoms with Gasteiger partial charge in [0.15, 0.2) is 0 Å². The van der Waals surface area contributed by atoms with Gasteiger partial charge in [-0.3, -0.25) is 4.99 Å². The molecule has 0 fully saturated rings. The van der Waals surface area contributed by atoms with Crippen LogP contribution in [-0.2, 0) is 0 Å². The molecule has 5 nitrogen and oxygen atoms in total. The topological polar surface area (TPSA) is 55.7 Å². The molecule has 21 heavy (non-hydrogen) atoms. The molecule has 108 valence electrons. The molecule has 2 heterocycles. The van der Waals surface area contributed by atoms with Gasteiger partial charge in [-0.15, -0.1) is 0 Å². The van der Waals surface area contributed by atoms with Gasteiger partial charge in [0.05, 0.1) is 12.7 Å². The van der Waals surface area contributed by atoms with Crippen molar-refractivity contribution in [3.8, 4) is 17.4 Å². The van der Waals surface area contributed by atoms with E-state index in [9.17, 15) is 0 Å². The Morgan fingerprint density at radius 1 is 1.10 bits per heavy atom. The Kier molecular flexibility index (Phi) is 4.00. The molecule has 0 unspecified atom stereocenters. The number of hydrogen-bond acceptors (Lipinski definition) is 5. The number of nitrogens with zero attached hydrogens (tertiary/aromatic N) is 2. The van der Waals surface area contributed by atoms with Crippen LogP contribution in [0, 0.1) is 0 Å². The minimum absolute atomic E-state index is 0.552. The summed E-state index contributed by atoms with van der Waals surface area (Å²) in [7, 11) is 1.64. The van der Waals surface area contributed by atoms with Gasteiger partial charge >= 0.3 is 0 Å². The molecule has 1 N–H and O–H groups in total. The van der Waals surface area contributed by atoms with Crippen molar-refractivity contribution in [3.63, 3.8) is 0 Å². The Labute approximate surface area is 123 Å². The summed E-state index contributed by atoms with van der Waals surface area (Å²) in [5, 5.41) is 3.29. The highest BCUT2D eigenvalue weighted by atomic mass is 16.5. The van der Waals surface area contributed by atoms with E-state index in [1.165, 1.54) is 0 Å². The fourth-order valence-electron chi connectivity index (χ4n) is 2.12. The van der Waals surface area contributed by atoms with E-state index in [-0.39, 0.29) is 0 Å². The molecular formula is C16H17N3O2. The van der Waals surface area contributed by atoms with E-state index in [4.69, 9.17) is 9.47 Å². The molecule has 0 radical (unpaired) electrons. The van der Waals surface area contributed by atoms with Gasteiger partial charge in [0.25, 0.3) is 0 Å². The second kappa shape index (κ2) is 6.26. The quantitative estimate of drug-likeness (QED) is 0.937. The molecule has 0 atom stereocenters. The second-order valence-corrected chi connectivity index (χ2v) is 4.64. The summed E-state index contributed by atoms with van der Waals surface area (Å²) in [6, 6.07) is 11.3. The van der Waals surface area contributed by atoms with E-state index >= 15 is 0 Å². The van der Waals surface area contributed by atoms with Gasteiger partial charge in [-0.05, 0) is 42.8 Å². The average molecular weight is 283 g/mol. The first-order valence-corrected chi connectivity index (χ1v) is 6.92. The van der Waals surface area contributed by atoms with Gasteiger partial charge in [-0.1, -0.05) is 0 Å². The normalized spacial score (nSPS) is 14.0. The van der Waals surface area contributed by atoms with Gasteiger partial charge in [0, 0.05) is 19.3 Å². The molecular weight excluding hydrogens is 266 g/mol. The van der Waals surface area contributed by atoms with Crippen LogP contribution >= 0.6 is 0 Å². The van der Waals surface area contributed by atoms with E-state index in [1.807, 2.05) is 36.4 Å². The van der Waals surface area contributed by atoms with Gasteiger partial charge in [0.1, 0.15) is 17.3 Å². The van der Waals surface area contributed by atoms with Crippen LogP contribution in [0.1, 0.15) is 12.0 Å². The van der Waals surface area contributed by atoms with Gasteiger partial charge in [-0.2, -0.15) is 0 Å². The average Bonchev–Trinajstić information content (AvgIpc) is 2.57. The van der Waals surface area contributed by atoms with Gasteiger partial charge < -0.3 is 14.8 Å². The molecule has 3 rings (SSSR count). The summed E-state index contributed by atoms with van der Waals surface area (Å²) < 4.78 is 11.0. The van der Waals surface area contributed by atoms with Crippen molar-refractivity contribution in [2.75, 3.05) is 20.2 Å². The van der Waals surface area contributed by atoms with Gasteiger partial charge in [-0.25, -0.2) is 4.98 Å². The lowest BCUT2D eigenvalue weighted by Gasteiger charge is -2.16. The van der Waals surface area contributed by atoms with E-state index in [0.717, 1.165) is 36.7 Å². The standard InChI is InChI=1S/C16H17N3O2/c1-20-12-5-7-13(8-6-12)21-16-14(4-2-9-19-16)15-17-10-3-11-18-15/h2,4-9H,3,10-11H2,1H3,(H,17,18). The zero-order chi connectivity index (χ0) is 14.5. The molecule has 0 saturated carbocycles. The van der Waals surface area contributed by atoms with Crippen LogP contribution < -0.4 is 14.8 Å². The summed E-state index contributed by atoms with van der Waals surface area (Å²) in [4.78, 5) is 8.81. The zero-order valence-electron chi connectivity index (χ0n) is 11.9. The minimum atomic E-state index is 0.552. The van der Waals surface area contributed by atoms with Crippen LogP contribution in [0.5, 0.6) is 17.4 Å². The highest BCUT2D eigenvalue weighted by Crippen LogP contribution is 2.25. The minimum Gasteiger partial charge on any atom is -0.497 e. The van der Waals surface area contributed by atoms with Crippen molar-refractivity contribution in [1.82, 2.24) is 10.3 Å². The number of benzene rings is 1. The molecule has 1 aromatic heterocycles. The lowest BCUT2D eigenvalue weighted by Crippen LogP contribution is -2.30. The molecule has 0 spiro atoms. The van der Waals surface area contributed by atoms with Gasteiger partial charge in [0.2, 0.25) is 5.88 Å². The summed E-state index contributed by atoms with van der Waals surface area (Å²) in [5.74, 6) is 2.91. The Morgan fingerprint density at radius 2 is 1.90 bits per heavy atom. The Morgan fingerprint density at radius 3 is 2.62 bits per heavy atom. The van der Waals surface area contributed by atoms with Crippen molar-refractivity contribution in [3.05, 3.63) is 48.2 Å². The summed E-state index contributed by atoms with van der Waals surface area (Å²) in [6.45, 7) is 1.76. The van der Waals surface area contributed by atoms with E-state index in [1.54, 1.807) is 13.3 Å². The predicted molar refractivity (Wildman–Crippen MR) is 81.3 cm³/mol. The first kappa shape index (κ1) is 13.4. The summed E-state index contributed by atoms with van der Waals surface area (Å²) >= 11 is 0. The third kappa shape index (κ3) is 3.13. The maximum atomic E-state index is 5.87. The first-order valence-electron chi connectivity index (χ1n) is 6.92. The smallest absolute Gasteiger partial charge is 0.230 e. The van der Waals surface area contributed by atoms with Crippen LogP contribution in [0.25, 0.3) is 0 Å². The molecule has 0 amide bonds. The lowest BCUT2D eigenvalue weighted by molar-refractivity contribution is 0.412. The number of methoxy groups -OCH3 is 1. The molecule has 0 aliphatic carbocycles. The maximum Gasteiger partial charge on any atom is 0.230 e. The van der Waals surface area contributed by atoms with Crippen molar-refractivity contribution < 1.29 is 9.47 Å². The number of pyridine rings is 1. The number of nitrogens with one attached hydrogen (secondary N) is 1. The van der Waals surface area contributed by atoms with E-state index in [0.29, 0.717) is 11.6 Å². The number of aromatic nitrogens is 1. The van der Waals surface area contributed by atoms with Crippen molar-refractivity contribution in [1.29, 1.82) is 0 Å². The monoisotopic (exact) mass is 283 g/mol. The fourth-order valence-corrected chi connectivity index (χ4v) is 2.12. The summed E-state index contributed by atoms with van der Waals surface area (Å²) in [6.07, 6.45) is 2.77. The molecule has 2 aromatic rings. The molecule has 5 heteroatoms. The zero-order valence-corrected chi connectivity index (χ0v) is 11.9. The Hall–Kier alpha value is -2.56. The third-order valence-corrected chi connectivity index (χ3v) is 3.20. The highest BCUT2D eigenvalue weighted by molar-refractivity contribution is 6.01. The second-order valence-electron chi connectivity index (χ2n) is 4.64. The number of aliphatic imine (C=N–C) groups is 1. The molecule has 1 aromatic carbocycles. The van der Waals surface area contributed by atoms with Crippen LogP contribution in [0.4, 0.5) is 0 Å².